The zero-order chi connectivity index (χ0) is 20.1. The van der Waals surface area contributed by atoms with Crippen molar-refractivity contribution >= 4 is 34.1 Å². The first-order chi connectivity index (χ1) is 13.4. The number of ether oxygens (including phenoxy) is 1. The lowest BCUT2D eigenvalue weighted by molar-refractivity contribution is -0.394. The number of benzene rings is 2. The van der Waals surface area contributed by atoms with Crippen LogP contribution in [-0.2, 0) is 0 Å². The molecule has 3 rings (SSSR count). The smallest absolute Gasteiger partial charge is 0.318 e. The van der Waals surface area contributed by atoms with Crippen LogP contribution in [0.2, 0.25) is 0 Å². The molecule has 0 saturated carbocycles. The number of nitrogens with one attached hydrogen (secondary N) is 1. The quantitative estimate of drug-likeness (QED) is 0.351. The van der Waals surface area contributed by atoms with E-state index in [0.29, 0.717) is 16.4 Å². The number of anilines is 1. The van der Waals surface area contributed by atoms with Crippen LogP contribution in [0.1, 0.15) is 11.3 Å². The summed E-state index contributed by atoms with van der Waals surface area (Å²) in [5.74, 6) is 0.195. The molecular formula is C17H13N5O5S. The second-order valence-electron chi connectivity index (χ2n) is 5.47. The molecule has 2 aromatic carbocycles. The summed E-state index contributed by atoms with van der Waals surface area (Å²) in [5.41, 5.74) is 3.32. The largest absolute Gasteiger partial charge is 0.449 e. The van der Waals surface area contributed by atoms with Crippen molar-refractivity contribution in [2.45, 2.75) is 6.92 Å². The van der Waals surface area contributed by atoms with Crippen molar-refractivity contribution in [2.75, 3.05) is 5.43 Å². The normalized spacial score (nSPS) is 10.8. The summed E-state index contributed by atoms with van der Waals surface area (Å²) in [6, 6.07) is 9.98. The van der Waals surface area contributed by atoms with Gasteiger partial charge in [-0.3, -0.25) is 25.7 Å². The molecule has 0 aliphatic rings. The van der Waals surface area contributed by atoms with Gasteiger partial charge in [0.15, 0.2) is 0 Å². The Morgan fingerprint density at radius 3 is 2.61 bits per heavy atom. The van der Waals surface area contributed by atoms with E-state index in [1.165, 1.54) is 23.6 Å². The van der Waals surface area contributed by atoms with E-state index in [9.17, 15) is 20.2 Å². The van der Waals surface area contributed by atoms with Crippen molar-refractivity contribution in [1.82, 2.24) is 4.98 Å². The van der Waals surface area contributed by atoms with Crippen molar-refractivity contribution in [3.05, 3.63) is 79.3 Å². The van der Waals surface area contributed by atoms with Crippen molar-refractivity contribution in [3.8, 4) is 11.5 Å². The molecule has 0 unspecified atom stereocenters. The molecule has 0 bridgehead atoms. The highest BCUT2D eigenvalue weighted by Crippen LogP contribution is 2.35. The van der Waals surface area contributed by atoms with Crippen LogP contribution in [0.4, 0.5) is 16.5 Å². The molecule has 11 heteroatoms. The fraction of sp³-hybridized carbons (Fsp3) is 0.0588. The number of thiazole rings is 1. The minimum absolute atomic E-state index is 0.111. The molecule has 28 heavy (non-hydrogen) atoms. The fourth-order valence-electron chi connectivity index (χ4n) is 2.21. The molecule has 0 radical (unpaired) electrons. The van der Waals surface area contributed by atoms with Gasteiger partial charge >= 0.3 is 5.69 Å². The van der Waals surface area contributed by atoms with E-state index in [4.69, 9.17) is 4.74 Å². The van der Waals surface area contributed by atoms with Crippen molar-refractivity contribution < 1.29 is 14.6 Å². The standard InChI is InChI=1S/C17H13N5O5S/c1-11-10-28-17(19-11)20-18-9-12-4-2-3-5-15(12)27-16-7-6-13(21(23)24)8-14(16)22(25)26/h2-10H,1H3,(H,19,20). The third-order valence-corrected chi connectivity index (χ3v) is 4.34. The Kier molecular flexibility index (Phi) is 5.56. The number of hydrazone groups is 1. The predicted octanol–water partition coefficient (Wildman–Crippen LogP) is 4.51. The van der Waals surface area contributed by atoms with Crippen LogP contribution in [0, 0.1) is 27.2 Å². The summed E-state index contributed by atoms with van der Waals surface area (Å²) >= 11 is 1.40. The highest BCUT2D eigenvalue weighted by molar-refractivity contribution is 7.13. The first kappa shape index (κ1) is 18.9. The molecule has 10 nitrogen and oxygen atoms in total. The van der Waals surface area contributed by atoms with Gasteiger partial charge in [-0.2, -0.15) is 5.10 Å². The van der Waals surface area contributed by atoms with Crippen LogP contribution in [0.3, 0.4) is 0 Å². The number of aromatic nitrogens is 1. The van der Waals surface area contributed by atoms with Gasteiger partial charge in [0.05, 0.1) is 27.8 Å². The van der Waals surface area contributed by atoms with Gasteiger partial charge in [0.1, 0.15) is 5.75 Å². The minimum Gasteiger partial charge on any atom is -0.449 e. The van der Waals surface area contributed by atoms with Crippen LogP contribution in [-0.4, -0.2) is 21.0 Å². The second kappa shape index (κ2) is 8.22. The summed E-state index contributed by atoms with van der Waals surface area (Å²) in [6.07, 6.45) is 1.49. The third-order valence-electron chi connectivity index (χ3n) is 3.47. The first-order valence-corrected chi connectivity index (χ1v) is 8.73. The molecule has 0 atom stereocenters. The van der Waals surface area contributed by atoms with Crippen molar-refractivity contribution in [1.29, 1.82) is 0 Å². The Hall–Kier alpha value is -3.86. The zero-order valence-electron chi connectivity index (χ0n) is 14.4. The Morgan fingerprint density at radius 2 is 1.93 bits per heavy atom. The molecule has 142 valence electrons. The lowest BCUT2D eigenvalue weighted by atomic mass is 10.2. The number of hydrogen-bond donors (Lipinski definition) is 1. The van der Waals surface area contributed by atoms with Crippen molar-refractivity contribution in [3.63, 3.8) is 0 Å². The number of non-ortho nitro benzene ring substituents is 1. The van der Waals surface area contributed by atoms with Crippen LogP contribution in [0.15, 0.2) is 52.9 Å². The zero-order valence-corrected chi connectivity index (χ0v) is 15.3. The monoisotopic (exact) mass is 399 g/mol. The highest BCUT2D eigenvalue weighted by Gasteiger charge is 2.21. The van der Waals surface area contributed by atoms with E-state index in [1.54, 1.807) is 24.3 Å². The third kappa shape index (κ3) is 4.45. The molecule has 1 N–H and O–H groups in total. The van der Waals surface area contributed by atoms with Gasteiger partial charge < -0.3 is 4.74 Å². The highest BCUT2D eigenvalue weighted by atomic mass is 32.1. The fourth-order valence-corrected chi connectivity index (χ4v) is 2.85. The summed E-state index contributed by atoms with van der Waals surface area (Å²) in [4.78, 5) is 24.9. The number of nitro groups is 2. The van der Waals surface area contributed by atoms with Crippen molar-refractivity contribution in [2.24, 2.45) is 5.10 Å². The van der Waals surface area contributed by atoms with E-state index in [2.05, 4.69) is 15.5 Å². The van der Waals surface area contributed by atoms with E-state index in [1.807, 2.05) is 12.3 Å². The maximum atomic E-state index is 11.3. The van der Waals surface area contributed by atoms with Crippen LogP contribution in [0.25, 0.3) is 0 Å². The Morgan fingerprint density at radius 1 is 1.14 bits per heavy atom. The predicted molar refractivity (Wildman–Crippen MR) is 104 cm³/mol. The molecule has 0 spiro atoms. The van der Waals surface area contributed by atoms with Gasteiger partial charge in [-0.1, -0.05) is 12.1 Å². The molecule has 1 aromatic heterocycles. The molecular weight excluding hydrogens is 386 g/mol. The van der Waals surface area contributed by atoms with Gasteiger partial charge in [0.2, 0.25) is 10.9 Å². The summed E-state index contributed by atoms with van der Waals surface area (Å²) < 4.78 is 5.65. The average molecular weight is 399 g/mol. The topological polar surface area (TPSA) is 133 Å². The Labute approximate surface area is 162 Å². The Bertz CT molecular complexity index is 1070. The SMILES string of the molecule is Cc1csc(NN=Cc2ccccc2Oc2ccc([N+](=O)[O-])cc2[N+](=O)[O-])n1. The minimum atomic E-state index is -0.731. The molecule has 0 amide bonds. The maximum absolute atomic E-state index is 11.3. The molecule has 0 fully saturated rings. The number of nitro benzene ring substituents is 2. The number of para-hydroxylation sites is 1. The molecule has 0 aliphatic heterocycles. The number of nitrogens with zero attached hydrogens (tertiary/aromatic N) is 4. The van der Waals surface area contributed by atoms with Crippen LogP contribution >= 0.6 is 11.3 Å². The lowest BCUT2D eigenvalue weighted by Gasteiger charge is -2.08. The molecule has 0 aliphatic carbocycles. The summed E-state index contributed by atoms with van der Waals surface area (Å²) in [7, 11) is 0. The summed E-state index contributed by atoms with van der Waals surface area (Å²) in [5, 5.41) is 28.7. The number of aryl methyl sites for hydroxylation is 1. The van der Waals surface area contributed by atoms with E-state index in [0.717, 1.165) is 17.8 Å². The van der Waals surface area contributed by atoms with Crippen LogP contribution in [0.5, 0.6) is 11.5 Å². The van der Waals surface area contributed by atoms with Gasteiger partial charge in [-0.25, -0.2) is 4.98 Å². The van der Waals surface area contributed by atoms with Gasteiger partial charge in [0.25, 0.3) is 5.69 Å². The first-order valence-electron chi connectivity index (χ1n) is 7.85. The van der Waals surface area contributed by atoms with E-state index < -0.39 is 21.2 Å². The Balaban J connectivity index is 1.85. The second-order valence-corrected chi connectivity index (χ2v) is 6.33. The van der Waals surface area contributed by atoms with E-state index >= 15 is 0 Å². The number of rotatable bonds is 7. The molecule has 3 aromatic rings. The molecule has 1 heterocycles. The average Bonchev–Trinajstić information content (AvgIpc) is 3.08. The van der Waals surface area contributed by atoms with Crippen LogP contribution < -0.4 is 10.2 Å². The number of hydrogen-bond acceptors (Lipinski definition) is 9. The molecule has 0 saturated heterocycles. The van der Waals surface area contributed by atoms with Gasteiger partial charge in [0, 0.05) is 17.0 Å². The van der Waals surface area contributed by atoms with Gasteiger partial charge in [-0.05, 0) is 25.1 Å². The van der Waals surface area contributed by atoms with E-state index in [-0.39, 0.29) is 5.75 Å². The summed E-state index contributed by atoms with van der Waals surface area (Å²) in [6.45, 7) is 1.87. The lowest BCUT2D eigenvalue weighted by Crippen LogP contribution is -1.98. The van der Waals surface area contributed by atoms with Gasteiger partial charge in [-0.15, -0.1) is 11.3 Å². The maximum Gasteiger partial charge on any atom is 0.318 e.